The van der Waals surface area contributed by atoms with Crippen molar-refractivity contribution >= 4 is 27.6 Å². The number of nitrogens with zero attached hydrogens (tertiary/aromatic N) is 1. The van der Waals surface area contributed by atoms with Crippen LogP contribution in [0.4, 0.5) is 5.69 Å². The average Bonchev–Trinajstić information content (AvgIpc) is 3.23. The van der Waals surface area contributed by atoms with Crippen molar-refractivity contribution in [1.82, 2.24) is 4.31 Å². The molecular weight excluding hydrogens is 332 g/mol. The predicted molar refractivity (Wildman–Crippen MR) is 88.9 cm³/mol. The Kier molecular flexibility index (Phi) is 5.29. The highest BCUT2D eigenvalue weighted by molar-refractivity contribution is 7.89. The van der Waals surface area contributed by atoms with Crippen molar-refractivity contribution in [2.75, 3.05) is 26.0 Å². The van der Waals surface area contributed by atoms with Crippen LogP contribution in [-0.4, -0.2) is 45.3 Å². The van der Waals surface area contributed by atoms with Gasteiger partial charge in [-0.15, -0.1) is 0 Å². The number of hydrogen-bond donors (Lipinski definition) is 1. The minimum Gasteiger partial charge on any atom is -0.455 e. The largest absolute Gasteiger partial charge is 0.455 e. The molecule has 24 heavy (non-hydrogen) atoms. The Labute approximate surface area is 142 Å². The van der Waals surface area contributed by atoms with Crippen molar-refractivity contribution in [3.63, 3.8) is 0 Å². The monoisotopic (exact) mass is 354 g/mol. The zero-order valence-corrected chi connectivity index (χ0v) is 15.0. The molecule has 0 spiro atoms. The first kappa shape index (κ1) is 18.4. The van der Waals surface area contributed by atoms with Gasteiger partial charge in [0, 0.05) is 19.8 Å². The molecule has 132 valence electrons. The summed E-state index contributed by atoms with van der Waals surface area (Å²) >= 11 is 0. The summed E-state index contributed by atoms with van der Waals surface area (Å²) in [4.78, 5) is 23.6. The Hall–Kier alpha value is -1.93. The highest BCUT2D eigenvalue weighted by atomic mass is 32.2. The van der Waals surface area contributed by atoms with Crippen molar-refractivity contribution in [3.05, 3.63) is 23.8 Å². The topological polar surface area (TPSA) is 92.8 Å². The first-order valence-electron chi connectivity index (χ1n) is 7.62. The lowest BCUT2D eigenvalue weighted by molar-refractivity contribution is -0.148. The second-order valence-electron chi connectivity index (χ2n) is 6.24. The van der Waals surface area contributed by atoms with Crippen molar-refractivity contribution in [3.8, 4) is 0 Å². The Morgan fingerprint density at radius 2 is 1.96 bits per heavy atom. The van der Waals surface area contributed by atoms with Crippen LogP contribution in [0.2, 0.25) is 0 Å². The zero-order valence-electron chi connectivity index (χ0n) is 14.2. The van der Waals surface area contributed by atoms with Crippen LogP contribution < -0.4 is 5.32 Å². The van der Waals surface area contributed by atoms with Crippen LogP contribution in [0.15, 0.2) is 23.1 Å². The Balaban J connectivity index is 2.02. The van der Waals surface area contributed by atoms with E-state index in [4.69, 9.17) is 4.74 Å². The minimum atomic E-state index is -3.60. The third kappa shape index (κ3) is 4.12. The minimum absolute atomic E-state index is 0.103. The molecule has 1 aliphatic carbocycles. The molecule has 0 radical (unpaired) electrons. The van der Waals surface area contributed by atoms with E-state index >= 15 is 0 Å². The molecule has 1 aromatic rings. The van der Waals surface area contributed by atoms with Crippen LogP contribution in [0.1, 0.15) is 18.9 Å². The zero-order chi connectivity index (χ0) is 18.1. The Morgan fingerprint density at radius 1 is 1.33 bits per heavy atom. The van der Waals surface area contributed by atoms with Crippen LogP contribution in [-0.2, 0) is 24.3 Å². The summed E-state index contributed by atoms with van der Waals surface area (Å²) in [5.74, 6) is -0.656. The van der Waals surface area contributed by atoms with Gasteiger partial charge in [0.2, 0.25) is 10.0 Å². The third-order valence-corrected chi connectivity index (χ3v) is 5.95. The number of esters is 1. The second kappa shape index (κ2) is 6.90. The number of aryl methyl sites for hydroxylation is 1. The SMILES string of the molecule is Cc1ccc(NC(=O)COC(=O)[C@@H]2C[C@@H]2C)cc1S(=O)(=O)N(C)C. The number of carbonyl (C=O) groups excluding carboxylic acids is 2. The van der Waals surface area contributed by atoms with Crippen LogP contribution in [0.3, 0.4) is 0 Å². The van der Waals surface area contributed by atoms with Gasteiger partial charge in [-0.3, -0.25) is 9.59 Å². The van der Waals surface area contributed by atoms with Crippen LogP contribution >= 0.6 is 0 Å². The number of nitrogens with one attached hydrogen (secondary N) is 1. The van der Waals surface area contributed by atoms with Gasteiger partial charge in [-0.05, 0) is 37.0 Å². The van der Waals surface area contributed by atoms with E-state index in [1.165, 1.54) is 20.2 Å². The molecule has 7 nitrogen and oxygen atoms in total. The molecule has 0 heterocycles. The van der Waals surface area contributed by atoms with Gasteiger partial charge in [-0.1, -0.05) is 13.0 Å². The molecule has 1 N–H and O–H groups in total. The number of ether oxygens (including phenoxy) is 1. The second-order valence-corrected chi connectivity index (χ2v) is 8.36. The third-order valence-electron chi connectivity index (χ3n) is 3.99. The molecule has 8 heteroatoms. The molecule has 0 aromatic heterocycles. The number of anilines is 1. The standard InChI is InChI=1S/C16H22N2O5S/c1-10-5-6-12(8-14(10)24(21,22)18(3)4)17-15(19)9-23-16(20)13-7-11(13)2/h5-6,8,11,13H,7,9H2,1-4H3,(H,17,19)/t11-,13+/m0/s1. The van der Waals surface area contributed by atoms with Crippen molar-refractivity contribution < 1.29 is 22.7 Å². The lowest BCUT2D eigenvalue weighted by atomic mass is 10.2. The lowest BCUT2D eigenvalue weighted by Gasteiger charge is -2.15. The van der Waals surface area contributed by atoms with E-state index in [2.05, 4.69) is 5.32 Å². The van der Waals surface area contributed by atoms with Gasteiger partial charge in [-0.25, -0.2) is 12.7 Å². The molecule has 0 saturated heterocycles. The van der Waals surface area contributed by atoms with E-state index in [9.17, 15) is 18.0 Å². The van der Waals surface area contributed by atoms with Gasteiger partial charge < -0.3 is 10.1 Å². The van der Waals surface area contributed by atoms with E-state index in [0.29, 0.717) is 17.2 Å². The molecule has 1 saturated carbocycles. The number of benzene rings is 1. The first-order chi connectivity index (χ1) is 11.1. The molecule has 0 unspecified atom stereocenters. The van der Waals surface area contributed by atoms with Gasteiger partial charge in [0.05, 0.1) is 10.8 Å². The Morgan fingerprint density at radius 3 is 2.50 bits per heavy atom. The number of hydrogen-bond acceptors (Lipinski definition) is 5. The van der Waals surface area contributed by atoms with Gasteiger partial charge in [0.15, 0.2) is 6.61 Å². The summed E-state index contributed by atoms with van der Waals surface area (Å²) in [6.45, 7) is 3.25. The number of carbonyl (C=O) groups is 2. The highest BCUT2D eigenvalue weighted by Gasteiger charge is 2.40. The fraction of sp³-hybridized carbons (Fsp3) is 0.500. The molecule has 0 bridgehead atoms. The molecule has 1 aromatic carbocycles. The van der Waals surface area contributed by atoms with Crippen molar-refractivity contribution in [2.24, 2.45) is 11.8 Å². The number of amides is 1. The van der Waals surface area contributed by atoms with Gasteiger partial charge >= 0.3 is 5.97 Å². The fourth-order valence-corrected chi connectivity index (χ4v) is 3.39. The molecule has 1 aliphatic rings. The normalized spacial score (nSPS) is 19.9. The van der Waals surface area contributed by atoms with Crippen LogP contribution in [0.25, 0.3) is 0 Å². The summed E-state index contributed by atoms with van der Waals surface area (Å²) in [6, 6.07) is 4.62. The predicted octanol–water partition coefficient (Wildman–Crippen LogP) is 1.38. The summed E-state index contributed by atoms with van der Waals surface area (Å²) in [7, 11) is -0.718. The van der Waals surface area contributed by atoms with Gasteiger partial charge in [-0.2, -0.15) is 0 Å². The fourth-order valence-electron chi connectivity index (χ4n) is 2.24. The van der Waals surface area contributed by atoms with E-state index in [1.54, 1.807) is 19.1 Å². The van der Waals surface area contributed by atoms with Crippen molar-refractivity contribution in [2.45, 2.75) is 25.2 Å². The van der Waals surface area contributed by atoms with Gasteiger partial charge in [0.25, 0.3) is 5.91 Å². The summed E-state index contributed by atoms with van der Waals surface area (Å²) in [6.07, 6.45) is 0.796. The first-order valence-corrected chi connectivity index (χ1v) is 9.06. The number of sulfonamides is 1. The summed E-state index contributed by atoms with van der Waals surface area (Å²) < 4.78 is 30.6. The maximum atomic E-state index is 12.3. The molecule has 2 rings (SSSR count). The molecule has 1 fully saturated rings. The van der Waals surface area contributed by atoms with Gasteiger partial charge in [0.1, 0.15) is 0 Å². The smallest absolute Gasteiger partial charge is 0.309 e. The maximum Gasteiger partial charge on any atom is 0.309 e. The summed E-state index contributed by atoms with van der Waals surface area (Å²) in [5.41, 5.74) is 0.915. The lowest BCUT2D eigenvalue weighted by Crippen LogP contribution is -2.24. The Bertz CT molecular complexity index is 758. The summed E-state index contributed by atoms with van der Waals surface area (Å²) in [5, 5.41) is 2.55. The highest BCUT2D eigenvalue weighted by Crippen LogP contribution is 2.38. The average molecular weight is 354 g/mol. The van der Waals surface area contributed by atoms with Crippen molar-refractivity contribution in [1.29, 1.82) is 0 Å². The molecular formula is C16H22N2O5S. The van der Waals surface area contributed by atoms with Crippen LogP contribution in [0.5, 0.6) is 0 Å². The van der Waals surface area contributed by atoms with Crippen LogP contribution in [0, 0.1) is 18.8 Å². The van der Waals surface area contributed by atoms with E-state index in [0.717, 1.165) is 10.7 Å². The molecule has 2 atom stereocenters. The quantitative estimate of drug-likeness (QED) is 0.779. The molecule has 1 amide bonds. The van der Waals surface area contributed by atoms with E-state index in [1.807, 2.05) is 6.92 Å². The molecule has 0 aliphatic heterocycles. The number of rotatable bonds is 6. The maximum absolute atomic E-state index is 12.3. The van der Waals surface area contributed by atoms with E-state index < -0.39 is 15.9 Å². The van der Waals surface area contributed by atoms with E-state index in [-0.39, 0.29) is 23.4 Å².